The van der Waals surface area contributed by atoms with Crippen molar-refractivity contribution in [2.75, 3.05) is 65.2 Å². The van der Waals surface area contributed by atoms with Crippen LogP contribution in [0.25, 0.3) is 0 Å². The van der Waals surface area contributed by atoms with Gasteiger partial charge in [-0.3, -0.25) is 14.8 Å². The van der Waals surface area contributed by atoms with Gasteiger partial charge in [0.15, 0.2) is 0 Å². The third-order valence-corrected chi connectivity index (χ3v) is 5.74. The molecule has 0 spiro atoms. The molecule has 204 valence electrons. The molecule has 1 amide bonds. The Bertz CT molecular complexity index is 1070. The largest absolute Gasteiger partial charge is 0.379 e. The highest BCUT2D eigenvalue weighted by atomic mass is 32.2. The van der Waals surface area contributed by atoms with Crippen LogP contribution in [0.4, 0.5) is 5.82 Å². The molecule has 0 saturated heterocycles. The molecule has 0 bridgehead atoms. The first-order valence-electron chi connectivity index (χ1n) is 11.9. The fourth-order valence-corrected chi connectivity index (χ4v) is 3.62. The molecule has 0 aliphatic rings. The number of carbonyl (C=O) groups is 1. The Morgan fingerprint density at radius 2 is 1.62 bits per heavy atom. The van der Waals surface area contributed by atoms with E-state index in [-0.39, 0.29) is 16.4 Å². The van der Waals surface area contributed by atoms with E-state index in [1.165, 1.54) is 30.6 Å². The first kappa shape index (κ1) is 30.3. The van der Waals surface area contributed by atoms with Crippen molar-refractivity contribution in [2.45, 2.75) is 17.7 Å². The van der Waals surface area contributed by atoms with Gasteiger partial charge < -0.3 is 24.8 Å². The molecule has 0 unspecified atom stereocenters. The standard InChI is InChI=1S/C24H35N5O7S/c1-25-10-4-12-34-14-16-36-17-15-35-13-5-11-26-24(30)21-8-9-23(27-18-21)29-28-19-20-6-2-3-7-22(20)37(31,32)33/h2-3,6-9,18-19,25H,4-5,10-17H2,1H3,(H,26,30)(H,27,29)(H,31,32,33). The van der Waals surface area contributed by atoms with Crippen LogP contribution >= 0.6 is 0 Å². The lowest BCUT2D eigenvalue weighted by atomic mass is 10.2. The lowest BCUT2D eigenvalue weighted by Gasteiger charge is -2.08. The lowest BCUT2D eigenvalue weighted by Crippen LogP contribution is -2.25. The Morgan fingerprint density at radius 1 is 0.973 bits per heavy atom. The van der Waals surface area contributed by atoms with Crippen LogP contribution in [-0.2, 0) is 24.3 Å². The molecule has 1 aromatic carbocycles. The first-order valence-corrected chi connectivity index (χ1v) is 13.3. The summed E-state index contributed by atoms with van der Waals surface area (Å²) >= 11 is 0. The highest BCUT2D eigenvalue weighted by molar-refractivity contribution is 7.86. The van der Waals surface area contributed by atoms with Gasteiger partial charge in [0.05, 0.1) is 38.2 Å². The van der Waals surface area contributed by atoms with Crippen LogP contribution in [0.3, 0.4) is 0 Å². The number of carbonyl (C=O) groups excluding carboxylic acids is 1. The molecular formula is C24H35N5O7S. The van der Waals surface area contributed by atoms with Gasteiger partial charge in [0.25, 0.3) is 16.0 Å². The number of aromatic nitrogens is 1. The maximum atomic E-state index is 12.2. The molecule has 2 rings (SSSR count). The number of nitrogens with zero attached hydrogens (tertiary/aromatic N) is 2. The van der Waals surface area contributed by atoms with E-state index in [9.17, 15) is 17.8 Å². The predicted octanol–water partition coefficient (Wildman–Crippen LogP) is 1.55. The summed E-state index contributed by atoms with van der Waals surface area (Å²) < 4.78 is 48.4. The summed E-state index contributed by atoms with van der Waals surface area (Å²) in [5.74, 6) is 0.0933. The SMILES string of the molecule is CNCCCOCCOCCOCCCNC(=O)c1ccc(NN=Cc2ccccc2S(=O)(=O)O)nc1. The molecule has 0 aliphatic heterocycles. The zero-order valence-electron chi connectivity index (χ0n) is 20.9. The van der Waals surface area contributed by atoms with Crippen LogP contribution in [0, 0.1) is 0 Å². The number of hydrazone groups is 1. The van der Waals surface area contributed by atoms with E-state index >= 15 is 0 Å². The molecule has 12 nitrogen and oxygen atoms in total. The number of hydrogen-bond donors (Lipinski definition) is 4. The maximum absolute atomic E-state index is 12.2. The van der Waals surface area contributed by atoms with Crippen molar-refractivity contribution in [3.63, 3.8) is 0 Å². The number of anilines is 1. The van der Waals surface area contributed by atoms with Gasteiger partial charge in [0, 0.05) is 31.5 Å². The number of hydrogen-bond acceptors (Lipinski definition) is 10. The monoisotopic (exact) mass is 537 g/mol. The Morgan fingerprint density at radius 3 is 2.24 bits per heavy atom. The summed E-state index contributed by atoms with van der Waals surface area (Å²) in [5.41, 5.74) is 3.25. The smallest absolute Gasteiger partial charge is 0.295 e. The minimum Gasteiger partial charge on any atom is -0.379 e. The quantitative estimate of drug-likeness (QED) is 0.0896. The normalized spacial score (nSPS) is 11.6. The molecule has 13 heteroatoms. The maximum Gasteiger partial charge on any atom is 0.295 e. The minimum atomic E-state index is -4.36. The van der Waals surface area contributed by atoms with E-state index in [0.29, 0.717) is 57.4 Å². The second-order valence-electron chi connectivity index (χ2n) is 7.72. The number of nitrogens with one attached hydrogen (secondary N) is 3. The number of rotatable bonds is 19. The topological polar surface area (TPSA) is 160 Å². The number of ether oxygens (including phenoxy) is 3. The molecule has 0 aliphatic carbocycles. The van der Waals surface area contributed by atoms with Gasteiger partial charge in [-0.15, -0.1) is 0 Å². The first-order chi connectivity index (χ1) is 17.9. The minimum absolute atomic E-state index is 0.214. The van der Waals surface area contributed by atoms with E-state index in [2.05, 4.69) is 26.1 Å². The Hall–Kier alpha value is -2.94. The second-order valence-corrected chi connectivity index (χ2v) is 9.11. The molecule has 0 saturated carbocycles. The van der Waals surface area contributed by atoms with E-state index in [1.54, 1.807) is 18.2 Å². The van der Waals surface area contributed by atoms with E-state index in [4.69, 9.17) is 14.2 Å². The zero-order chi connectivity index (χ0) is 26.8. The van der Waals surface area contributed by atoms with Crippen LogP contribution in [0.1, 0.15) is 28.8 Å². The van der Waals surface area contributed by atoms with E-state index < -0.39 is 10.1 Å². The Kier molecular flexibility index (Phi) is 14.3. The molecule has 2 aromatic rings. The van der Waals surface area contributed by atoms with Crippen molar-refractivity contribution >= 4 is 28.1 Å². The van der Waals surface area contributed by atoms with Crippen molar-refractivity contribution in [1.82, 2.24) is 15.6 Å². The van der Waals surface area contributed by atoms with Crippen molar-refractivity contribution in [3.8, 4) is 0 Å². The lowest BCUT2D eigenvalue weighted by molar-refractivity contribution is 0.0139. The van der Waals surface area contributed by atoms with Crippen LogP contribution in [-0.4, -0.2) is 89.9 Å². The van der Waals surface area contributed by atoms with Gasteiger partial charge in [-0.1, -0.05) is 18.2 Å². The summed E-state index contributed by atoms with van der Waals surface area (Å²) in [6.07, 6.45) is 4.29. The van der Waals surface area contributed by atoms with E-state index in [1.807, 2.05) is 7.05 Å². The molecular weight excluding hydrogens is 502 g/mol. The molecule has 0 radical (unpaired) electrons. The third kappa shape index (κ3) is 12.7. The summed E-state index contributed by atoms with van der Waals surface area (Å²) in [4.78, 5) is 16.1. The van der Waals surface area contributed by atoms with E-state index in [0.717, 1.165) is 19.6 Å². The van der Waals surface area contributed by atoms with Gasteiger partial charge in [0.1, 0.15) is 10.7 Å². The molecule has 0 atom stereocenters. The summed E-state index contributed by atoms with van der Waals surface area (Å²) in [6, 6.07) is 9.04. The van der Waals surface area contributed by atoms with Gasteiger partial charge in [0.2, 0.25) is 0 Å². The average Bonchev–Trinajstić information content (AvgIpc) is 2.89. The van der Waals surface area contributed by atoms with Crippen molar-refractivity contribution < 1.29 is 32.0 Å². The average molecular weight is 538 g/mol. The van der Waals surface area contributed by atoms with Crippen LogP contribution in [0.5, 0.6) is 0 Å². The second kappa shape index (κ2) is 17.5. The number of amides is 1. The van der Waals surface area contributed by atoms with Gasteiger partial charge in [-0.2, -0.15) is 13.5 Å². The van der Waals surface area contributed by atoms with Gasteiger partial charge >= 0.3 is 0 Å². The summed E-state index contributed by atoms with van der Waals surface area (Å²) in [6.45, 7) is 4.70. The molecule has 1 heterocycles. The molecule has 1 aromatic heterocycles. The number of pyridine rings is 1. The Labute approximate surface area is 217 Å². The van der Waals surface area contributed by atoms with Crippen molar-refractivity contribution in [2.24, 2.45) is 5.10 Å². The van der Waals surface area contributed by atoms with Crippen LogP contribution < -0.4 is 16.1 Å². The van der Waals surface area contributed by atoms with Crippen LogP contribution in [0.2, 0.25) is 0 Å². The molecule has 37 heavy (non-hydrogen) atoms. The summed E-state index contributed by atoms with van der Waals surface area (Å²) in [7, 11) is -2.45. The third-order valence-electron chi connectivity index (χ3n) is 4.82. The Balaban J connectivity index is 1.57. The highest BCUT2D eigenvalue weighted by Crippen LogP contribution is 2.13. The molecule has 0 fully saturated rings. The van der Waals surface area contributed by atoms with Crippen molar-refractivity contribution in [3.05, 3.63) is 53.7 Å². The fourth-order valence-electron chi connectivity index (χ4n) is 2.96. The van der Waals surface area contributed by atoms with Crippen molar-refractivity contribution in [1.29, 1.82) is 0 Å². The fraction of sp³-hybridized carbons (Fsp3) is 0.458. The van der Waals surface area contributed by atoms with Gasteiger partial charge in [-0.05, 0) is 44.6 Å². The highest BCUT2D eigenvalue weighted by Gasteiger charge is 2.13. The van der Waals surface area contributed by atoms with Gasteiger partial charge in [-0.25, -0.2) is 4.98 Å². The van der Waals surface area contributed by atoms with Crippen LogP contribution in [0.15, 0.2) is 52.6 Å². The predicted molar refractivity (Wildman–Crippen MR) is 140 cm³/mol. The zero-order valence-corrected chi connectivity index (χ0v) is 21.7. The summed E-state index contributed by atoms with van der Waals surface area (Å²) in [5, 5.41) is 9.80. The molecule has 4 N–H and O–H groups in total. The number of benzene rings is 1.